The molecule has 2 rings (SSSR count). The Kier molecular flexibility index (Phi) is 8.08. The van der Waals surface area contributed by atoms with Gasteiger partial charge in [0.2, 0.25) is 0 Å². The Labute approximate surface area is 166 Å². The van der Waals surface area contributed by atoms with Gasteiger partial charge in [-0.15, -0.1) is 0 Å². The first-order valence-corrected chi connectivity index (χ1v) is 9.34. The highest BCUT2D eigenvalue weighted by Crippen LogP contribution is 2.12. The zero-order chi connectivity index (χ0) is 20.4. The van der Waals surface area contributed by atoms with Gasteiger partial charge in [-0.1, -0.05) is 12.2 Å². The number of carbonyl (C=O) groups excluding carboxylic acids is 3. The molecule has 0 aromatic heterocycles. The summed E-state index contributed by atoms with van der Waals surface area (Å²) in [5.41, 5.74) is 1.06. The standard InChI is InChI=1S/C19H19N3O5S/c1-26-17(23)12-27-16-9-5-14(6-10-16)18(24)22-19(25)21-15-7-3-13(4-8-15)11-20-28-2/h3-10,15H,12H2,1-2H3,(H2,21,22,24,25). The second-order valence-corrected chi connectivity index (χ2v) is 5.95. The van der Waals surface area contributed by atoms with Gasteiger partial charge in [-0.05, 0) is 48.4 Å². The molecule has 0 atom stereocenters. The monoisotopic (exact) mass is 401 g/mol. The van der Waals surface area contributed by atoms with E-state index in [0.29, 0.717) is 5.75 Å². The van der Waals surface area contributed by atoms with Crippen LogP contribution in [-0.2, 0) is 9.53 Å². The molecule has 0 radical (unpaired) electrons. The summed E-state index contributed by atoms with van der Waals surface area (Å²) in [6.07, 6.45) is 8.91. The third-order valence-corrected chi connectivity index (χ3v) is 3.73. The van der Waals surface area contributed by atoms with E-state index in [9.17, 15) is 14.4 Å². The summed E-state index contributed by atoms with van der Waals surface area (Å²) in [6, 6.07) is 5.04. The average Bonchev–Trinajstić information content (AvgIpc) is 2.71. The first-order valence-electron chi connectivity index (χ1n) is 8.16. The van der Waals surface area contributed by atoms with Crippen LogP contribution >= 0.6 is 11.9 Å². The van der Waals surface area contributed by atoms with Gasteiger partial charge in [-0.2, -0.15) is 4.40 Å². The lowest BCUT2D eigenvalue weighted by atomic mass is 10.1. The number of nitrogens with one attached hydrogen (secondary N) is 2. The van der Waals surface area contributed by atoms with Crippen LogP contribution in [0.1, 0.15) is 10.4 Å². The van der Waals surface area contributed by atoms with E-state index in [1.54, 1.807) is 24.3 Å². The Bertz CT molecular complexity index is 839. The lowest BCUT2D eigenvalue weighted by Gasteiger charge is -2.14. The second kappa shape index (κ2) is 10.8. The zero-order valence-corrected chi connectivity index (χ0v) is 16.1. The smallest absolute Gasteiger partial charge is 0.343 e. The number of esters is 1. The van der Waals surface area contributed by atoms with Crippen LogP contribution in [0.15, 0.2) is 58.5 Å². The molecule has 1 aromatic rings. The van der Waals surface area contributed by atoms with Gasteiger partial charge < -0.3 is 14.8 Å². The fourth-order valence-corrected chi connectivity index (χ4v) is 2.27. The summed E-state index contributed by atoms with van der Waals surface area (Å²) in [6.45, 7) is -0.229. The second-order valence-electron chi connectivity index (χ2n) is 5.40. The summed E-state index contributed by atoms with van der Waals surface area (Å²) < 4.78 is 13.6. The molecule has 0 unspecified atom stereocenters. The van der Waals surface area contributed by atoms with Crippen molar-refractivity contribution in [1.29, 1.82) is 0 Å². The largest absolute Gasteiger partial charge is 0.482 e. The highest BCUT2D eigenvalue weighted by atomic mass is 32.2. The highest BCUT2D eigenvalue weighted by molar-refractivity contribution is 7.97. The Morgan fingerprint density at radius 2 is 1.86 bits per heavy atom. The van der Waals surface area contributed by atoms with E-state index < -0.39 is 17.9 Å². The van der Waals surface area contributed by atoms with E-state index in [-0.39, 0.29) is 18.2 Å². The van der Waals surface area contributed by atoms with Crippen LogP contribution in [-0.4, -0.2) is 49.8 Å². The van der Waals surface area contributed by atoms with E-state index in [2.05, 4.69) is 25.6 Å². The number of hydrogen-bond acceptors (Lipinski definition) is 7. The van der Waals surface area contributed by atoms with Crippen molar-refractivity contribution in [1.82, 2.24) is 10.6 Å². The molecule has 28 heavy (non-hydrogen) atoms. The Morgan fingerprint density at radius 1 is 1.18 bits per heavy atom. The number of benzene rings is 1. The predicted molar refractivity (Wildman–Crippen MR) is 106 cm³/mol. The van der Waals surface area contributed by atoms with Crippen LogP contribution in [0.25, 0.3) is 0 Å². The summed E-state index contributed by atoms with van der Waals surface area (Å²) in [4.78, 5) is 35.2. The van der Waals surface area contributed by atoms with Crippen LogP contribution in [0.2, 0.25) is 0 Å². The van der Waals surface area contributed by atoms with Gasteiger partial charge in [-0.25, -0.2) is 9.59 Å². The molecule has 1 aromatic carbocycles. The molecule has 8 nitrogen and oxygen atoms in total. The number of nitrogens with zero attached hydrogens (tertiary/aromatic N) is 1. The van der Waals surface area contributed by atoms with Crippen LogP contribution < -0.4 is 15.4 Å². The number of allylic oxidation sites excluding steroid dienone is 3. The number of carbonyl (C=O) groups is 3. The van der Waals surface area contributed by atoms with E-state index in [0.717, 1.165) is 5.57 Å². The Hall–Kier alpha value is -3.29. The quantitative estimate of drug-likeness (QED) is 0.429. The average molecular weight is 401 g/mol. The predicted octanol–water partition coefficient (Wildman–Crippen LogP) is 2.05. The maximum atomic E-state index is 12.1. The van der Waals surface area contributed by atoms with Gasteiger partial charge in [0, 0.05) is 23.3 Å². The Balaban J connectivity index is 1.84. The molecule has 2 N–H and O–H groups in total. The number of hydrogen-bond donors (Lipinski definition) is 2. The molecule has 0 spiro atoms. The van der Waals surface area contributed by atoms with Crippen LogP contribution in [0.3, 0.4) is 0 Å². The number of urea groups is 1. The SMILES string of the molecule is COC(=O)COc1ccc(C(=O)NC(=O)NC2C=CC(=C=NSC)C=C2)cc1. The van der Waals surface area contributed by atoms with Crippen molar-refractivity contribution in [2.75, 3.05) is 20.0 Å². The lowest BCUT2D eigenvalue weighted by molar-refractivity contribution is -0.142. The topological polar surface area (TPSA) is 106 Å². The molecule has 0 saturated heterocycles. The molecule has 3 amide bonds. The van der Waals surface area contributed by atoms with Crippen molar-refractivity contribution in [3.8, 4) is 5.75 Å². The van der Waals surface area contributed by atoms with Gasteiger partial charge in [0.05, 0.1) is 13.2 Å². The minimum Gasteiger partial charge on any atom is -0.482 e. The molecule has 0 saturated carbocycles. The van der Waals surface area contributed by atoms with Crippen molar-refractivity contribution in [3.05, 3.63) is 59.7 Å². The molecule has 1 aliphatic rings. The summed E-state index contributed by atoms with van der Waals surface area (Å²) in [7, 11) is 1.26. The number of amides is 3. The van der Waals surface area contributed by atoms with Crippen molar-refractivity contribution in [2.24, 2.45) is 4.40 Å². The van der Waals surface area contributed by atoms with Crippen LogP contribution in [0, 0.1) is 0 Å². The summed E-state index contributed by atoms with van der Waals surface area (Å²) >= 11 is 1.30. The van der Waals surface area contributed by atoms with Gasteiger partial charge in [0.15, 0.2) is 6.61 Å². The van der Waals surface area contributed by atoms with Gasteiger partial charge >= 0.3 is 12.0 Å². The van der Waals surface area contributed by atoms with E-state index in [1.807, 2.05) is 6.26 Å². The number of imide groups is 1. The van der Waals surface area contributed by atoms with Gasteiger partial charge in [0.1, 0.15) is 5.75 Å². The van der Waals surface area contributed by atoms with Crippen LogP contribution in [0.5, 0.6) is 5.75 Å². The number of methoxy groups -OCH3 is 1. The van der Waals surface area contributed by atoms with E-state index in [1.165, 1.54) is 43.3 Å². The molecular weight excluding hydrogens is 382 g/mol. The third kappa shape index (κ3) is 6.79. The molecule has 1 aliphatic carbocycles. The minimum atomic E-state index is -0.625. The van der Waals surface area contributed by atoms with Crippen LogP contribution in [0.4, 0.5) is 4.79 Å². The van der Waals surface area contributed by atoms with Gasteiger partial charge in [-0.3, -0.25) is 10.1 Å². The fourth-order valence-electron chi connectivity index (χ4n) is 2.07. The van der Waals surface area contributed by atoms with E-state index in [4.69, 9.17) is 4.74 Å². The molecule has 0 aliphatic heterocycles. The maximum absolute atomic E-state index is 12.1. The van der Waals surface area contributed by atoms with Crippen molar-refractivity contribution < 1.29 is 23.9 Å². The molecule has 0 fully saturated rings. The molecule has 0 heterocycles. The fraction of sp³-hybridized carbons (Fsp3) is 0.211. The first kappa shape index (κ1) is 21.0. The van der Waals surface area contributed by atoms with E-state index >= 15 is 0 Å². The van der Waals surface area contributed by atoms with Gasteiger partial charge in [0.25, 0.3) is 5.91 Å². The molecule has 0 bridgehead atoms. The summed E-state index contributed by atoms with van der Waals surface area (Å²) in [5.74, 6) is 2.16. The Morgan fingerprint density at radius 3 is 2.46 bits per heavy atom. The van der Waals surface area contributed by atoms with Crippen molar-refractivity contribution in [2.45, 2.75) is 6.04 Å². The first-order chi connectivity index (χ1) is 13.5. The normalized spacial score (nSPS) is 14.6. The van der Waals surface area contributed by atoms with Crippen molar-refractivity contribution in [3.63, 3.8) is 0 Å². The number of ether oxygens (including phenoxy) is 2. The maximum Gasteiger partial charge on any atom is 0.343 e. The molecule has 146 valence electrons. The lowest BCUT2D eigenvalue weighted by Crippen LogP contribution is -2.43. The zero-order valence-electron chi connectivity index (χ0n) is 15.3. The minimum absolute atomic E-state index is 0.229. The third-order valence-electron chi connectivity index (χ3n) is 3.46. The summed E-state index contributed by atoms with van der Waals surface area (Å²) in [5, 5.41) is 4.90. The molecular formula is C19H19N3O5S. The number of rotatable bonds is 6. The highest BCUT2D eigenvalue weighted by Gasteiger charge is 2.13. The van der Waals surface area contributed by atoms with Crippen molar-refractivity contribution >= 4 is 35.7 Å². The molecule has 9 heteroatoms.